The van der Waals surface area contributed by atoms with Gasteiger partial charge in [-0.25, -0.2) is 9.78 Å². The highest BCUT2D eigenvalue weighted by atomic mass is 32.2. The second-order valence-electron chi connectivity index (χ2n) is 8.83. The number of amides is 3. The van der Waals surface area contributed by atoms with Crippen molar-refractivity contribution in [2.75, 3.05) is 31.2 Å². The Kier molecular flexibility index (Phi) is 7.19. The van der Waals surface area contributed by atoms with Crippen LogP contribution in [0, 0.1) is 24.2 Å². The van der Waals surface area contributed by atoms with E-state index in [2.05, 4.69) is 21.7 Å². The summed E-state index contributed by atoms with van der Waals surface area (Å²) < 4.78 is 0. The van der Waals surface area contributed by atoms with Gasteiger partial charge in [0.1, 0.15) is 11.1 Å². The first-order valence-corrected chi connectivity index (χ1v) is 12.6. The van der Waals surface area contributed by atoms with Crippen molar-refractivity contribution >= 4 is 29.4 Å². The van der Waals surface area contributed by atoms with Gasteiger partial charge in [-0.3, -0.25) is 4.79 Å². The molecule has 7 nitrogen and oxygen atoms in total. The third-order valence-electron chi connectivity index (χ3n) is 6.20. The zero-order chi connectivity index (χ0) is 23.4. The number of hydrogen-bond acceptors (Lipinski definition) is 5. The number of aromatic nitrogens is 1. The quantitative estimate of drug-likeness (QED) is 0.613. The van der Waals surface area contributed by atoms with Gasteiger partial charge in [-0.05, 0) is 63.0 Å². The highest BCUT2D eigenvalue weighted by molar-refractivity contribution is 7.98. The molecule has 2 fully saturated rings. The summed E-state index contributed by atoms with van der Waals surface area (Å²) >= 11 is 1.41. The Labute approximate surface area is 199 Å². The summed E-state index contributed by atoms with van der Waals surface area (Å²) in [5, 5.41) is 16.1. The Bertz CT molecular complexity index is 1080. The maximum absolute atomic E-state index is 13.4. The van der Waals surface area contributed by atoms with Crippen molar-refractivity contribution in [1.82, 2.24) is 15.2 Å². The van der Waals surface area contributed by atoms with E-state index < -0.39 is 0 Å². The van der Waals surface area contributed by atoms with Crippen molar-refractivity contribution in [3.8, 4) is 6.07 Å². The van der Waals surface area contributed by atoms with Gasteiger partial charge in [0.15, 0.2) is 0 Å². The summed E-state index contributed by atoms with van der Waals surface area (Å²) in [6.45, 7) is 3.71. The molecule has 1 saturated heterocycles. The lowest BCUT2D eigenvalue weighted by atomic mass is 9.96. The van der Waals surface area contributed by atoms with Gasteiger partial charge in [0.2, 0.25) is 0 Å². The van der Waals surface area contributed by atoms with E-state index >= 15 is 0 Å². The number of nitriles is 1. The molecule has 1 atom stereocenters. The minimum Gasteiger partial charge on any atom is -0.338 e. The van der Waals surface area contributed by atoms with Crippen LogP contribution in [-0.4, -0.2) is 47.7 Å². The van der Waals surface area contributed by atoms with Crippen molar-refractivity contribution in [3.05, 3.63) is 52.7 Å². The average molecular weight is 464 g/mol. The number of carbonyl (C=O) groups is 2. The van der Waals surface area contributed by atoms with E-state index in [1.165, 1.54) is 11.8 Å². The van der Waals surface area contributed by atoms with Gasteiger partial charge >= 0.3 is 6.03 Å². The highest BCUT2D eigenvalue weighted by Crippen LogP contribution is 2.41. The Balaban J connectivity index is 1.39. The summed E-state index contributed by atoms with van der Waals surface area (Å²) in [6, 6.07) is 11.4. The maximum atomic E-state index is 13.4. The highest BCUT2D eigenvalue weighted by Gasteiger charge is 2.31. The van der Waals surface area contributed by atoms with E-state index in [-0.39, 0.29) is 17.9 Å². The lowest BCUT2D eigenvalue weighted by molar-refractivity contribution is 0.0674. The molecule has 2 N–H and O–H groups in total. The summed E-state index contributed by atoms with van der Waals surface area (Å²) in [4.78, 5) is 32.2. The minimum absolute atomic E-state index is 0.111. The van der Waals surface area contributed by atoms with Gasteiger partial charge in [0.25, 0.3) is 5.91 Å². The van der Waals surface area contributed by atoms with Crippen LogP contribution in [0.3, 0.4) is 0 Å². The summed E-state index contributed by atoms with van der Waals surface area (Å²) in [6.07, 6.45) is 5.87. The molecule has 4 rings (SSSR count). The van der Waals surface area contributed by atoms with Crippen LogP contribution in [0.25, 0.3) is 0 Å². The summed E-state index contributed by atoms with van der Waals surface area (Å²) in [7, 11) is 0. The van der Waals surface area contributed by atoms with E-state index in [0.717, 1.165) is 42.6 Å². The molecule has 2 aliphatic rings. The minimum atomic E-state index is -0.248. The Morgan fingerprint density at radius 2 is 2.00 bits per heavy atom. The fourth-order valence-electron chi connectivity index (χ4n) is 4.19. The normalized spacial score (nSPS) is 17.8. The number of likely N-dealkylation sites (tertiary alicyclic amines) is 1. The van der Waals surface area contributed by atoms with Gasteiger partial charge in [-0.15, -0.1) is 11.8 Å². The first kappa shape index (κ1) is 23.1. The van der Waals surface area contributed by atoms with Crippen molar-refractivity contribution in [2.45, 2.75) is 43.6 Å². The molecule has 1 saturated carbocycles. The lowest BCUT2D eigenvalue weighted by Crippen LogP contribution is -2.44. The zero-order valence-corrected chi connectivity index (χ0v) is 19.9. The predicted molar refractivity (Wildman–Crippen MR) is 130 cm³/mol. The number of nitrogens with zero attached hydrogens (tertiary/aromatic N) is 3. The number of benzene rings is 1. The van der Waals surface area contributed by atoms with Crippen LogP contribution >= 0.6 is 11.8 Å². The van der Waals surface area contributed by atoms with E-state index in [4.69, 9.17) is 0 Å². The van der Waals surface area contributed by atoms with E-state index in [1.54, 1.807) is 0 Å². The van der Waals surface area contributed by atoms with Crippen LogP contribution < -0.4 is 10.6 Å². The molecule has 2 heterocycles. The molecule has 1 aromatic heterocycles. The molecule has 0 bridgehead atoms. The van der Waals surface area contributed by atoms with Gasteiger partial charge in [-0.2, -0.15) is 5.26 Å². The molecule has 1 aliphatic heterocycles. The van der Waals surface area contributed by atoms with Crippen molar-refractivity contribution in [3.63, 3.8) is 0 Å². The van der Waals surface area contributed by atoms with Crippen molar-refractivity contribution < 1.29 is 9.59 Å². The number of carbonyl (C=O) groups excluding carboxylic acids is 2. The molecule has 8 heteroatoms. The fourth-order valence-corrected chi connectivity index (χ4v) is 4.75. The predicted octanol–water partition coefficient (Wildman–Crippen LogP) is 4.53. The molecule has 0 radical (unpaired) electrons. The monoisotopic (exact) mass is 463 g/mol. The largest absolute Gasteiger partial charge is 0.338 e. The van der Waals surface area contributed by atoms with Crippen molar-refractivity contribution in [1.29, 1.82) is 5.26 Å². The number of aryl methyl sites for hydroxylation is 1. The number of nitrogens with one attached hydrogen (secondary N) is 2. The molecule has 3 amide bonds. The Hall–Kier alpha value is -3.05. The average Bonchev–Trinajstić information content (AvgIpc) is 3.68. The molecule has 1 unspecified atom stereocenters. The van der Waals surface area contributed by atoms with Crippen LogP contribution in [-0.2, 0) is 0 Å². The first-order chi connectivity index (χ1) is 16.0. The van der Waals surface area contributed by atoms with Crippen LogP contribution in [0.15, 0.2) is 35.4 Å². The third-order valence-corrected chi connectivity index (χ3v) is 6.89. The number of hydrogen-bond donors (Lipinski definition) is 2. The number of rotatable bonds is 6. The zero-order valence-electron chi connectivity index (χ0n) is 19.1. The van der Waals surface area contributed by atoms with Gasteiger partial charge < -0.3 is 15.5 Å². The first-order valence-electron chi connectivity index (χ1n) is 11.4. The summed E-state index contributed by atoms with van der Waals surface area (Å²) in [5.74, 6) is 0.460. The van der Waals surface area contributed by atoms with Crippen LogP contribution in [0.4, 0.5) is 10.5 Å². The number of urea groups is 1. The molecule has 2 aromatic rings. The number of anilines is 1. The fraction of sp³-hybridized carbons (Fsp3) is 0.440. The number of thioether (sulfide) groups is 1. The van der Waals surface area contributed by atoms with Gasteiger partial charge in [-0.1, -0.05) is 17.7 Å². The van der Waals surface area contributed by atoms with Crippen LogP contribution in [0.2, 0.25) is 0 Å². The van der Waals surface area contributed by atoms with E-state index in [1.807, 2.05) is 48.4 Å². The second-order valence-corrected chi connectivity index (χ2v) is 9.62. The molecule has 0 spiro atoms. The molecule has 1 aromatic carbocycles. The molecular formula is C25H29N5O2S. The van der Waals surface area contributed by atoms with Crippen molar-refractivity contribution in [2.24, 2.45) is 5.92 Å². The lowest BCUT2D eigenvalue weighted by Gasteiger charge is -2.33. The van der Waals surface area contributed by atoms with E-state index in [0.29, 0.717) is 41.7 Å². The van der Waals surface area contributed by atoms with E-state index in [9.17, 15) is 14.9 Å². The second kappa shape index (κ2) is 10.3. The maximum Gasteiger partial charge on any atom is 0.319 e. The van der Waals surface area contributed by atoms with Gasteiger partial charge in [0.05, 0.1) is 11.1 Å². The Morgan fingerprint density at radius 1 is 1.24 bits per heavy atom. The van der Waals surface area contributed by atoms with Crippen LogP contribution in [0.1, 0.15) is 58.8 Å². The standard InChI is InChI=1S/C25H29N5O2S/c1-16-5-9-19(10-6-16)28-25(32)27-14-17-4-3-11-30(15-17)24(31)20-12-22(18-7-8-18)29-23(33-2)21(20)13-26/h5-6,9-10,12,17-18H,3-4,7-8,11,14-15H2,1-2H3,(H2,27,28,32). The smallest absolute Gasteiger partial charge is 0.319 e. The summed E-state index contributed by atoms with van der Waals surface area (Å²) in [5.41, 5.74) is 3.63. The number of pyridine rings is 1. The van der Waals surface area contributed by atoms with Gasteiger partial charge in [0, 0.05) is 36.9 Å². The third kappa shape index (κ3) is 5.66. The SMILES string of the molecule is CSc1nc(C2CC2)cc(C(=O)N2CCCC(CNC(=O)Nc3ccc(C)cc3)C2)c1C#N. The number of piperidine rings is 1. The molecule has 33 heavy (non-hydrogen) atoms. The van der Waals surface area contributed by atoms with Crippen LogP contribution in [0.5, 0.6) is 0 Å². The molecule has 1 aliphatic carbocycles. The topological polar surface area (TPSA) is 98.1 Å². The molecule has 172 valence electrons. The Morgan fingerprint density at radius 3 is 2.67 bits per heavy atom. The molecular weight excluding hydrogens is 434 g/mol.